The molecule has 6 heteroatoms. The Labute approximate surface area is 97.5 Å². The first kappa shape index (κ1) is 9.83. The first-order valence-electron chi connectivity index (χ1n) is 5.35. The molecule has 0 bridgehead atoms. The normalized spacial score (nSPS) is 10.9. The van der Waals surface area contributed by atoms with Crippen LogP contribution in [-0.2, 0) is 6.54 Å². The summed E-state index contributed by atoms with van der Waals surface area (Å²) in [5.41, 5.74) is 3.12. The van der Waals surface area contributed by atoms with Crippen LogP contribution in [0.3, 0.4) is 0 Å². The van der Waals surface area contributed by atoms with E-state index in [0.717, 1.165) is 28.0 Å². The molecule has 0 saturated heterocycles. The summed E-state index contributed by atoms with van der Waals surface area (Å²) in [6.07, 6.45) is 5.36. The quantitative estimate of drug-likeness (QED) is 0.636. The van der Waals surface area contributed by atoms with Crippen molar-refractivity contribution >= 4 is 16.7 Å². The molecule has 0 aromatic carbocycles. The smallest absolute Gasteiger partial charge is 0.152 e. The number of hydrogen-bond donors (Lipinski definition) is 3. The molecule has 3 N–H and O–H groups in total. The van der Waals surface area contributed by atoms with E-state index in [0.29, 0.717) is 6.54 Å². The molecule has 0 aliphatic heterocycles. The predicted octanol–water partition coefficient (Wildman–Crippen LogP) is 1.60. The van der Waals surface area contributed by atoms with Crippen molar-refractivity contribution in [2.45, 2.75) is 13.5 Å². The van der Waals surface area contributed by atoms with Crippen molar-refractivity contribution in [1.82, 2.24) is 25.4 Å². The number of aromatic amines is 2. The van der Waals surface area contributed by atoms with Crippen molar-refractivity contribution in [3.63, 3.8) is 0 Å². The second-order valence-corrected chi connectivity index (χ2v) is 3.87. The van der Waals surface area contributed by atoms with Crippen LogP contribution in [0, 0.1) is 6.92 Å². The highest BCUT2D eigenvalue weighted by Gasteiger charge is 2.05. The summed E-state index contributed by atoms with van der Waals surface area (Å²) >= 11 is 0. The lowest BCUT2D eigenvalue weighted by atomic mass is 10.2. The first-order valence-corrected chi connectivity index (χ1v) is 5.35. The highest BCUT2D eigenvalue weighted by atomic mass is 15.1. The van der Waals surface area contributed by atoms with Crippen molar-refractivity contribution in [3.05, 3.63) is 35.9 Å². The second-order valence-electron chi connectivity index (χ2n) is 3.87. The van der Waals surface area contributed by atoms with E-state index in [1.165, 1.54) is 0 Å². The summed E-state index contributed by atoms with van der Waals surface area (Å²) in [6, 6.07) is 1.92. The van der Waals surface area contributed by atoms with Gasteiger partial charge in [-0.2, -0.15) is 10.2 Å². The monoisotopic (exact) mass is 228 g/mol. The zero-order valence-corrected chi connectivity index (χ0v) is 9.36. The van der Waals surface area contributed by atoms with Gasteiger partial charge in [0.05, 0.1) is 12.4 Å². The molecule has 3 aromatic heterocycles. The molecule has 86 valence electrons. The zero-order chi connectivity index (χ0) is 11.7. The fourth-order valence-corrected chi connectivity index (χ4v) is 1.74. The second kappa shape index (κ2) is 3.89. The molecule has 0 radical (unpaired) electrons. The van der Waals surface area contributed by atoms with E-state index in [2.05, 4.69) is 30.7 Å². The van der Waals surface area contributed by atoms with Crippen LogP contribution >= 0.6 is 0 Å². The lowest BCUT2D eigenvalue weighted by Gasteiger charge is -2.05. The number of rotatable bonds is 3. The van der Waals surface area contributed by atoms with Crippen LogP contribution in [0.5, 0.6) is 0 Å². The van der Waals surface area contributed by atoms with Crippen molar-refractivity contribution in [2.24, 2.45) is 0 Å². The molecule has 0 atom stereocenters. The summed E-state index contributed by atoms with van der Waals surface area (Å²) in [5, 5.41) is 18.1. The maximum absolute atomic E-state index is 4.30. The largest absolute Gasteiger partial charge is 0.364 e. The number of nitrogens with zero attached hydrogens (tertiary/aromatic N) is 3. The van der Waals surface area contributed by atoms with Gasteiger partial charge >= 0.3 is 0 Å². The predicted molar refractivity (Wildman–Crippen MR) is 64.5 cm³/mol. The number of anilines is 1. The topological polar surface area (TPSA) is 82.3 Å². The number of fused-ring (bicyclic) bond motifs is 1. The van der Waals surface area contributed by atoms with Crippen molar-refractivity contribution in [2.75, 3.05) is 5.32 Å². The molecule has 0 saturated carbocycles. The molecule has 0 aliphatic rings. The first-order chi connectivity index (χ1) is 8.34. The molecule has 0 spiro atoms. The number of hydrogen-bond acceptors (Lipinski definition) is 4. The minimum atomic E-state index is 0.688. The molecule has 3 rings (SSSR count). The Bertz CT molecular complexity index is 638. The Hall–Kier alpha value is -2.37. The lowest BCUT2D eigenvalue weighted by Crippen LogP contribution is -2.02. The van der Waals surface area contributed by atoms with E-state index in [-0.39, 0.29) is 0 Å². The van der Waals surface area contributed by atoms with E-state index in [9.17, 15) is 0 Å². The van der Waals surface area contributed by atoms with Crippen LogP contribution in [0.25, 0.3) is 10.9 Å². The van der Waals surface area contributed by atoms with Crippen molar-refractivity contribution in [1.29, 1.82) is 0 Å². The number of pyridine rings is 1. The van der Waals surface area contributed by atoms with Gasteiger partial charge < -0.3 is 5.32 Å². The van der Waals surface area contributed by atoms with E-state index < -0.39 is 0 Å². The van der Waals surface area contributed by atoms with Gasteiger partial charge in [0.15, 0.2) is 5.82 Å². The van der Waals surface area contributed by atoms with E-state index in [4.69, 9.17) is 0 Å². The van der Waals surface area contributed by atoms with Gasteiger partial charge in [-0.3, -0.25) is 10.2 Å². The number of aromatic nitrogens is 5. The average Bonchev–Trinajstić information content (AvgIpc) is 2.95. The summed E-state index contributed by atoms with van der Waals surface area (Å²) in [5.74, 6) is 0.806. The van der Waals surface area contributed by atoms with Crippen molar-refractivity contribution < 1.29 is 0 Å². The summed E-state index contributed by atoms with van der Waals surface area (Å²) in [6.45, 7) is 2.68. The average molecular weight is 228 g/mol. The molecule has 17 heavy (non-hydrogen) atoms. The highest BCUT2D eigenvalue weighted by Crippen LogP contribution is 2.18. The molecule has 3 heterocycles. The van der Waals surface area contributed by atoms with E-state index >= 15 is 0 Å². The third kappa shape index (κ3) is 1.73. The Kier molecular flexibility index (Phi) is 2.25. The Morgan fingerprint density at radius 3 is 2.94 bits per heavy atom. The molecular formula is C11H12N6. The lowest BCUT2D eigenvalue weighted by molar-refractivity contribution is 1.04. The van der Waals surface area contributed by atoms with Gasteiger partial charge in [-0.05, 0) is 13.0 Å². The maximum Gasteiger partial charge on any atom is 0.152 e. The molecule has 0 unspecified atom stereocenters. The third-order valence-electron chi connectivity index (χ3n) is 2.74. The summed E-state index contributed by atoms with van der Waals surface area (Å²) in [7, 11) is 0. The maximum atomic E-state index is 4.30. The molecule has 6 nitrogen and oxygen atoms in total. The van der Waals surface area contributed by atoms with Crippen LogP contribution in [0.1, 0.15) is 11.3 Å². The van der Waals surface area contributed by atoms with Crippen LogP contribution in [-0.4, -0.2) is 25.4 Å². The van der Waals surface area contributed by atoms with Crippen LogP contribution in [0.15, 0.2) is 24.7 Å². The molecule has 0 fully saturated rings. The van der Waals surface area contributed by atoms with E-state index in [1.807, 2.05) is 19.2 Å². The van der Waals surface area contributed by atoms with Gasteiger partial charge in [0.25, 0.3) is 0 Å². The summed E-state index contributed by atoms with van der Waals surface area (Å²) in [4.78, 5) is 4.30. The van der Waals surface area contributed by atoms with Gasteiger partial charge in [0.1, 0.15) is 5.52 Å². The van der Waals surface area contributed by atoms with Crippen LogP contribution in [0.4, 0.5) is 5.82 Å². The van der Waals surface area contributed by atoms with Crippen molar-refractivity contribution in [3.8, 4) is 0 Å². The molecule has 3 aromatic rings. The van der Waals surface area contributed by atoms with Gasteiger partial charge in [0.2, 0.25) is 0 Å². The highest BCUT2D eigenvalue weighted by molar-refractivity contribution is 5.87. The summed E-state index contributed by atoms with van der Waals surface area (Å²) < 4.78 is 0. The molecule has 0 aliphatic carbocycles. The fraction of sp³-hybridized carbons (Fsp3) is 0.182. The fourth-order valence-electron chi connectivity index (χ4n) is 1.74. The van der Waals surface area contributed by atoms with Gasteiger partial charge in [-0.1, -0.05) is 0 Å². The minimum Gasteiger partial charge on any atom is -0.364 e. The van der Waals surface area contributed by atoms with Gasteiger partial charge in [-0.15, -0.1) is 0 Å². The third-order valence-corrected chi connectivity index (χ3v) is 2.74. The molecular weight excluding hydrogens is 216 g/mol. The number of nitrogens with one attached hydrogen (secondary N) is 3. The Morgan fingerprint density at radius 1 is 1.24 bits per heavy atom. The number of aryl methyl sites for hydroxylation is 1. The van der Waals surface area contributed by atoms with Crippen LogP contribution < -0.4 is 5.32 Å². The van der Waals surface area contributed by atoms with Gasteiger partial charge in [-0.25, -0.2) is 4.98 Å². The van der Waals surface area contributed by atoms with Crippen LogP contribution in [0.2, 0.25) is 0 Å². The minimum absolute atomic E-state index is 0.688. The number of H-pyrrole nitrogens is 2. The molecule has 0 amide bonds. The van der Waals surface area contributed by atoms with E-state index in [1.54, 1.807) is 12.4 Å². The standard InChI is InChI=1S/C11H12N6/c1-7-9(6-14-16-7)4-13-11-10-8(2-3-12-11)5-15-17-10/h2-3,5-6H,4H2,1H3,(H,12,13)(H,14,16)(H,15,17). The SMILES string of the molecule is Cc1[nH]ncc1CNc1nccc2cn[nH]c12. The Morgan fingerprint density at radius 2 is 2.12 bits per heavy atom. The zero-order valence-electron chi connectivity index (χ0n) is 9.36. The Balaban J connectivity index is 1.86. The van der Waals surface area contributed by atoms with Gasteiger partial charge in [0, 0.05) is 29.4 Å².